The number of aromatic nitrogens is 3. The van der Waals surface area contributed by atoms with Gasteiger partial charge in [0.2, 0.25) is 5.91 Å². The van der Waals surface area contributed by atoms with Crippen molar-refractivity contribution in [2.75, 3.05) is 26.8 Å². The van der Waals surface area contributed by atoms with E-state index in [4.69, 9.17) is 9.47 Å². The second-order valence-corrected chi connectivity index (χ2v) is 6.29. The molecule has 0 saturated carbocycles. The minimum Gasteiger partial charge on any atom is -0.493 e. The number of ether oxygens (including phenoxy) is 2. The molecule has 0 spiro atoms. The third-order valence-electron chi connectivity index (χ3n) is 4.84. The molecule has 0 radical (unpaired) electrons. The second kappa shape index (κ2) is 6.24. The number of aromatic amines is 1. The number of nitrogens with one attached hydrogen (secondary N) is 1. The molecule has 4 rings (SSSR count). The van der Waals surface area contributed by atoms with Crippen LogP contribution in [-0.2, 0) is 22.4 Å². The van der Waals surface area contributed by atoms with Crippen molar-refractivity contribution in [3.63, 3.8) is 0 Å². The Balaban J connectivity index is 1.45. The van der Waals surface area contributed by atoms with Gasteiger partial charge < -0.3 is 14.4 Å². The summed E-state index contributed by atoms with van der Waals surface area (Å²) in [6.07, 6.45) is 2.97. The van der Waals surface area contributed by atoms with Gasteiger partial charge in [-0.2, -0.15) is 15.4 Å². The topological polar surface area (TPSA) is 80.3 Å². The molecular weight excluding hydrogens is 308 g/mol. The zero-order chi connectivity index (χ0) is 16.5. The highest BCUT2D eigenvalue weighted by Gasteiger charge is 2.37. The van der Waals surface area contributed by atoms with Gasteiger partial charge in [-0.15, -0.1) is 0 Å². The van der Waals surface area contributed by atoms with Crippen molar-refractivity contribution in [2.45, 2.75) is 24.9 Å². The SMILES string of the molecule is CO[C@@H]1CN(C(=O)Cc2ccc3c(c2)CCO3)C[C@H]1c1cn[nH]n1. The summed E-state index contributed by atoms with van der Waals surface area (Å²) < 4.78 is 11.1. The Labute approximate surface area is 139 Å². The van der Waals surface area contributed by atoms with E-state index in [1.165, 1.54) is 5.56 Å². The molecule has 1 saturated heterocycles. The molecule has 0 unspecified atom stereocenters. The fourth-order valence-corrected chi connectivity index (χ4v) is 3.53. The van der Waals surface area contributed by atoms with Gasteiger partial charge in [-0.1, -0.05) is 12.1 Å². The number of amides is 1. The summed E-state index contributed by atoms with van der Waals surface area (Å²) >= 11 is 0. The zero-order valence-electron chi connectivity index (χ0n) is 13.6. The van der Waals surface area contributed by atoms with Crippen LogP contribution in [0.4, 0.5) is 0 Å². The van der Waals surface area contributed by atoms with E-state index in [1.807, 2.05) is 17.0 Å². The molecule has 1 N–H and O–H groups in total. The molecule has 2 aliphatic rings. The molecule has 24 heavy (non-hydrogen) atoms. The summed E-state index contributed by atoms with van der Waals surface area (Å²) in [4.78, 5) is 14.5. The molecule has 1 amide bonds. The van der Waals surface area contributed by atoms with E-state index in [0.29, 0.717) is 19.5 Å². The van der Waals surface area contributed by atoms with Crippen molar-refractivity contribution in [1.82, 2.24) is 20.3 Å². The summed E-state index contributed by atoms with van der Waals surface area (Å²) in [6.45, 7) is 1.92. The minimum atomic E-state index is -0.0486. The van der Waals surface area contributed by atoms with Crippen molar-refractivity contribution in [2.24, 2.45) is 0 Å². The first-order chi connectivity index (χ1) is 11.7. The lowest BCUT2D eigenvalue weighted by molar-refractivity contribution is -0.129. The van der Waals surface area contributed by atoms with Crippen LogP contribution in [0.3, 0.4) is 0 Å². The second-order valence-electron chi connectivity index (χ2n) is 6.29. The summed E-state index contributed by atoms with van der Waals surface area (Å²) in [6, 6.07) is 6.02. The standard InChI is InChI=1S/C17H20N4O3/c1-23-16-10-21(9-13(16)14-8-18-20-19-14)17(22)7-11-2-3-15-12(6-11)4-5-24-15/h2-3,6,8,13,16H,4-5,7,9-10H2,1H3,(H,18,19,20)/t13-,16+/m0/s1. The van der Waals surface area contributed by atoms with Gasteiger partial charge in [0.05, 0.1) is 36.9 Å². The first-order valence-electron chi connectivity index (χ1n) is 8.15. The number of H-pyrrole nitrogens is 1. The highest BCUT2D eigenvalue weighted by Crippen LogP contribution is 2.29. The predicted molar refractivity (Wildman–Crippen MR) is 85.8 cm³/mol. The number of nitrogens with zero attached hydrogens (tertiary/aromatic N) is 3. The zero-order valence-corrected chi connectivity index (χ0v) is 13.6. The number of likely N-dealkylation sites (tertiary alicyclic amines) is 1. The van der Waals surface area contributed by atoms with E-state index in [1.54, 1.807) is 13.3 Å². The smallest absolute Gasteiger partial charge is 0.227 e. The van der Waals surface area contributed by atoms with Gasteiger partial charge in [-0.05, 0) is 17.2 Å². The van der Waals surface area contributed by atoms with Gasteiger partial charge in [-0.3, -0.25) is 4.79 Å². The lowest BCUT2D eigenvalue weighted by atomic mass is 10.0. The number of hydrogen-bond acceptors (Lipinski definition) is 5. The number of rotatable bonds is 4. The quantitative estimate of drug-likeness (QED) is 0.903. The van der Waals surface area contributed by atoms with E-state index in [9.17, 15) is 4.79 Å². The Kier molecular flexibility index (Phi) is 3.93. The molecule has 2 atom stereocenters. The van der Waals surface area contributed by atoms with Crippen molar-refractivity contribution < 1.29 is 14.3 Å². The maximum atomic E-state index is 12.7. The van der Waals surface area contributed by atoms with Crippen molar-refractivity contribution in [3.8, 4) is 5.75 Å². The number of hydrogen-bond donors (Lipinski definition) is 1. The number of carbonyl (C=O) groups is 1. The van der Waals surface area contributed by atoms with Crippen LogP contribution in [0.2, 0.25) is 0 Å². The lowest BCUT2D eigenvalue weighted by Gasteiger charge is -2.16. The van der Waals surface area contributed by atoms with Crippen LogP contribution in [0.25, 0.3) is 0 Å². The largest absolute Gasteiger partial charge is 0.493 e. The monoisotopic (exact) mass is 328 g/mol. The van der Waals surface area contributed by atoms with Crippen LogP contribution in [-0.4, -0.2) is 59.1 Å². The van der Waals surface area contributed by atoms with Crippen LogP contribution in [0.15, 0.2) is 24.4 Å². The van der Waals surface area contributed by atoms with Gasteiger partial charge in [0, 0.05) is 26.6 Å². The maximum absolute atomic E-state index is 12.7. The van der Waals surface area contributed by atoms with Gasteiger partial charge >= 0.3 is 0 Å². The normalized spacial score (nSPS) is 22.5. The Morgan fingerprint density at radius 2 is 2.38 bits per heavy atom. The Morgan fingerprint density at radius 1 is 1.46 bits per heavy atom. The third-order valence-corrected chi connectivity index (χ3v) is 4.84. The third kappa shape index (κ3) is 2.75. The summed E-state index contributed by atoms with van der Waals surface area (Å²) in [5.74, 6) is 1.12. The molecule has 3 heterocycles. The summed E-state index contributed by atoms with van der Waals surface area (Å²) in [5.41, 5.74) is 3.06. The van der Waals surface area contributed by atoms with E-state index >= 15 is 0 Å². The molecular formula is C17H20N4O3. The predicted octanol–water partition coefficient (Wildman–Crippen LogP) is 0.923. The van der Waals surface area contributed by atoms with Crippen LogP contribution in [0, 0.1) is 0 Å². The van der Waals surface area contributed by atoms with Gasteiger partial charge in [0.1, 0.15) is 5.75 Å². The molecule has 2 aliphatic heterocycles. The summed E-state index contributed by atoms with van der Waals surface area (Å²) in [7, 11) is 1.67. The van der Waals surface area contributed by atoms with Crippen LogP contribution >= 0.6 is 0 Å². The van der Waals surface area contributed by atoms with Crippen molar-refractivity contribution in [3.05, 3.63) is 41.2 Å². The Morgan fingerprint density at radius 3 is 3.17 bits per heavy atom. The van der Waals surface area contributed by atoms with Gasteiger partial charge in [0.15, 0.2) is 0 Å². The van der Waals surface area contributed by atoms with Gasteiger partial charge in [-0.25, -0.2) is 0 Å². The van der Waals surface area contributed by atoms with Gasteiger partial charge in [0.25, 0.3) is 0 Å². The van der Waals surface area contributed by atoms with E-state index in [-0.39, 0.29) is 17.9 Å². The Hall–Kier alpha value is -2.41. The number of fused-ring (bicyclic) bond motifs is 1. The molecule has 0 aliphatic carbocycles. The number of benzene rings is 1. The average molecular weight is 328 g/mol. The highest BCUT2D eigenvalue weighted by molar-refractivity contribution is 5.79. The fraction of sp³-hybridized carbons (Fsp3) is 0.471. The minimum absolute atomic E-state index is 0.0486. The molecule has 1 aromatic carbocycles. The molecule has 1 aromatic heterocycles. The highest BCUT2D eigenvalue weighted by atomic mass is 16.5. The number of methoxy groups -OCH3 is 1. The molecule has 0 bridgehead atoms. The summed E-state index contributed by atoms with van der Waals surface area (Å²) in [5, 5.41) is 10.6. The fourth-order valence-electron chi connectivity index (χ4n) is 3.53. The van der Waals surface area contributed by atoms with E-state index in [0.717, 1.165) is 30.0 Å². The number of carbonyl (C=O) groups excluding carboxylic acids is 1. The lowest BCUT2D eigenvalue weighted by Crippen LogP contribution is -2.31. The Bertz CT molecular complexity index is 731. The molecule has 2 aromatic rings. The van der Waals surface area contributed by atoms with Crippen molar-refractivity contribution >= 4 is 5.91 Å². The van der Waals surface area contributed by atoms with Crippen LogP contribution < -0.4 is 4.74 Å². The molecule has 1 fully saturated rings. The first-order valence-corrected chi connectivity index (χ1v) is 8.15. The molecule has 7 heteroatoms. The van der Waals surface area contributed by atoms with E-state index in [2.05, 4.69) is 21.5 Å². The van der Waals surface area contributed by atoms with Crippen LogP contribution in [0.1, 0.15) is 22.7 Å². The molecule has 7 nitrogen and oxygen atoms in total. The average Bonchev–Trinajstić information content (AvgIpc) is 3.32. The van der Waals surface area contributed by atoms with E-state index < -0.39 is 0 Å². The van der Waals surface area contributed by atoms with Crippen molar-refractivity contribution in [1.29, 1.82) is 0 Å². The van der Waals surface area contributed by atoms with Crippen LogP contribution in [0.5, 0.6) is 5.75 Å². The maximum Gasteiger partial charge on any atom is 0.227 e. The first kappa shape index (κ1) is 15.1. The molecule has 126 valence electrons.